The molecule has 19 heavy (non-hydrogen) atoms. The van der Waals surface area contributed by atoms with Crippen LogP contribution >= 0.6 is 23.1 Å². The van der Waals surface area contributed by atoms with Gasteiger partial charge in [0.2, 0.25) is 10.0 Å². The van der Waals surface area contributed by atoms with Crippen LogP contribution in [0.3, 0.4) is 0 Å². The van der Waals surface area contributed by atoms with E-state index in [9.17, 15) is 8.42 Å². The SMILES string of the molecule is CNCc1scc(C)c1S(=O)(=O)NCC1(SC)CC1. The lowest BCUT2D eigenvalue weighted by Gasteiger charge is -2.14. The van der Waals surface area contributed by atoms with Crippen LogP contribution < -0.4 is 10.0 Å². The minimum absolute atomic E-state index is 0.139. The number of thiophene rings is 1. The molecule has 0 amide bonds. The van der Waals surface area contributed by atoms with Crippen LogP contribution in [-0.4, -0.2) is 33.0 Å². The van der Waals surface area contributed by atoms with Gasteiger partial charge in [-0.1, -0.05) is 0 Å². The van der Waals surface area contributed by atoms with Gasteiger partial charge >= 0.3 is 0 Å². The Balaban J connectivity index is 2.17. The third-order valence-corrected chi connectivity index (χ3v) is 7.70. The Kier molecular flexibility index (Phi) is 4.62. The molecule has 0 aromatic carbocycles. The zero-order valence-corrected chi connectivity index (χ0v) is 13.9. The van der Waals surface area contributed by atoms with E-state index >= 15 is 0 Å². The van der Waals surface area contributed by atoms with Gasteiger partial charge in [-0.3, -0.25) is 0 Å². The molecule has 4 nitrogen and oxygen atoms in total. The summed E-state index contributed by atoms with van der Waals surface area (Å²) in [6.07, 6.45) is 4.24. The van der Waals surface area contributed by atoms with E-state index in [-0.39, 0.29) is 4.75 Å². The summed E-state index contributed by atoms with van der Waals surface area (Å²) in [6.45, 7) is 2.97. The molecule has 0 unspecified atom stereocenters. The van der Waals surface area contributed by atoms with Crippen LogP contribution in [-0.2, 0) is 16.6 Å². The molecule has 1 aliphatic rings. The third-order valence-electron chi connectivity index (χ3n) is 3.42. The fraction of sp³-hybridized carbons (Fsp3) is 0.667. The summed E-state index contributed by atoms with van der Waals surface area (Å²) in [4.78, 5) is 1.34. The molecule has 0 saturated heterocycles. The minimum atomic E-state index is -3.40. The highest BCUT2D eigenvalue weighted by Crippen LogP contribution is 2.46. The van der Waals surface area contributed by atoms with Crippen molar-refractivity contribution in [3.05, 3.63) is 15.8 Å². The van der Waals surface area contributed by atoms with Crippen molar-refractivity contribution in [3.63, 3.8) is 0 Å². The Hall–Kier alpha value is -0.0800. The smallest absolute Gasteiger partial charge is 0.242 e. The quantitative estimate of drug-likeness (QED) is 0.806. The van der Waals surface area contributed by atoms with Crippen LogP contribution in [0.2, 0.25) is 0 Å². The average molecular weight is 321 g/mol. The van der Waals surface area contributed by atoms with Gasteiger partial charge in [-0.25, -0.2) is 13.1 Å². The summed E-state index contributed by atoms with van der Waals surface area (Å²) in [5.74, 6) is 0. The standard InChI is InChI=1S/C12H20N2O2S3/c1-9-7-18-10(6-13-2)11(9)19(15,16)14-8-12(17-3)4-5-12/h7,13-14H,4-6,8H2,1-3H3. The summed E-state index contributed by atoms with van der Waals surface area (Å²) in [7, 11) is -1.57. The van der Waals surface area contributed by atoms with Crippen molar-refractivity contribution in [1.82, 2.24) is 10.0 Å². The maximum Gasteiger partial charge on any atom is 0.242 e. The van der Waals surface area contributed by atoms with Gasteiger partial charge < -0.3 is 5.32 Å². The number of hydrogen-bond donors (Lipinski definition) is 2. The van der Waals surface area contributed by atoms with Crippen molar-refractivity contribution in [2.24, 2.45) is 0 Å². The van der Waals surface area contributed by atoms with E-state index in [1.54, 1.807) is 11.8 Å². The highest BCUT2D eigenvalue weighted by molar-refractivity contribution is 8.00. The van der Waals surface area contributed by atoms with Gasteiger partial charge in [-0.15, -0.1) is 11.3 Å². The van der Waals surface area contributed by atoms with E-state index in [4.69, 9.17) is 0 Å². The molecular weight excluding hydrogens is 300 g/mol. The molecule has 0 radical (unpaired) electrons. The summed E-state index contributed by atoms with van der Waals surface area (Å²) in [5.41, 5.74) is 0.830. The molecule has 0 atom stereocenters. The van der Waals surface area contributed by atoms with E-state index < -0.39 is 10.0 Å². The molecular formula is C12H20N2O2S3. The summed E-state index contributed by atoms with van der Waals surface area (Å²) < 4.78 is 27.8. The van der Waals surface area contributed by atoms with E-state index in [2.05, 4.69) is 10.0 Å². The average Bonchev–Trinajstić information content (AvgIpc) is 3.06. The molecule has 1 aromatic heterocycles. The lowest BCUT2D eigenvalue weighted by molar-refractivity contribution is 0.578. The van der Waals surface area contributed by atoms with Crippen LogP contribution in [0.25, 0.3) is 0 Å². The van der Waals surface area contributed by atoms with Gasteiger partial charge in [0.1, 0.15) is 4.90 Å². The Morgan fingerprint density at radius 3 is 2.68 bits per heavy atom. The van der Waals surface area contributed by atoms with Crippen LogP contribution in [0.15, 0.2) is 10.3 Å². The number of aryl methyl sites for hydroxylation is 1. The second-order valence-corrected chi connectivity index (χ2v) is 8.86. The predicted molar refractivity (Wildman–Crippen MR) is 82.5 cm³/mol. The van der Waals surface area contributed by atoms with Crippen LogP contribution in [0.1, 0.15) is 23.3 Å². The van der Waals surface area contributed by atoms with E-state index in [1.165, 1.54) is 11.3 Å². The first-order valence-corrected chi connectivity index (χ1v) is 9.79. The Bertz CT molecular complexity index is 547. The molecule has 108 valence electrons. The monoisotopic (exact) mass is 320 g/mol. The summed E-state index contributed by atoms with van der Waals surface area (Å²) >= 11 is 3.25. The zero-order valence-electron chi connectivity index (χ0n) is 11.4. The molecule has 7 heteroatoms. The van der Waals surface area contributed by atoms with Gasteiger partial charge in [-0.05, 0) is 44.0 Å². The maximum absolute atomic E-state index is 12.5. The van der Waals surface area contributed by atoms with Crippen molar-refractivity contribution in [3.8, 4) is 0 Å². The fourth-order valence-electron chi connectivity index (χ4n) is 2.02. The number of thioether (sulfide) groups is 1. The van der Waals surface area contributed by atoms with Gasteiger partial charge in [0.05, 0.1) is 0 Å². The molecule has 2 N–H and O–H groups in total. The van der Waals surface area contributed by atoms with Crippen molar-refractivity contribution < 1.29 is 8.42 Å². The van der Waals surface area contributed by atoms with Crippen molar-refractivity contribution in [2.75, 3.05) is 19.8 Å². The molecule has 0 spiro atoms. The van der Waals surface area contributed by atoms with Gasteiger partial charge in [-0.2, -0.15) is 11.8 Å². The fourth-order valence-corrected chi connectivity index (χ4v) is 5.79. The van der Waals surface area contributed by atoms with Crippen molar-refractivity contribution in [1.29, 1.82) is 0 Å². The van der Waals surface area contributed by atoms with E-state index in [0.717, 1.165) is 23.3 Å². The first-order chi connectivity index (χ1) is 8.94. The first-order valence-electron chi connectivity index (χ1n) is 6.20. The van der Waals surface area contributed by atoms with Gasteiger partial charge in [0.15, 0.2) is 0 Å². The second-order valence-electron chi connectivity index (χ2n) is 4.91. The molecule has 1 aromatic rings. The Morgan fingerprint density at radius 1 is 1.47 bits per heavy atom. The maximum atomic E-state index is 12.5. The number of sulfonamides is 1. The Morgan fingerprint density at radius 2 is 2.16 bits per heavy atom. The molecule has 1 saturated carbocycles. The van der Waals surface area contributed by atoms with Gasteiger partial charge in [0.25, 0.3) is 0 Å². The highest BCUT2D eigenvalue weighted by Gasteiger charge is 2.42. The topological polar surface area (TPSA) is 58.2 Å². The van der Waals surface area contributed by atoms with E-state index in [1.807, 2.05) is 25.6 Å². The number of hydrogen-bond acceptors (Lipinski definition) is 5. The lowest BCUT2D eigenvalue weighted by atomic mass is 10.3. The number of rotatable bonds is 7. The number of nitrogens with one attached hydrogen (secondary N) is 2. The minimum Gasteiger partial charge on any atom is -0.315 e. The first kappa shape index (κ1) is 15.3. The Labute approximate surface area is 123 Å². The van der Waals surface area contributed by atoms with E-state index in [0.29, 0.717) is 18.0 Å². The molecule has 0 aliphatic heterocycles. The second kappa shape index (κ2) is 5.73. The van der Waals surface area contributed by atoms with Gasteiger partial charge in [0, 0.05) is 22.7 Å². The summed E-state index contributed by atoms with van der Waals surface area (Å²) in [6, 6.07) is 0. The van der Waals surface area contributed by atoms with Crippen molar-refractivity contribution in [2.45, 2.75) is 36.0 Å². The van der Waals surface area contributed by atoms with Crippen molar-refractivity contribution >= 4 is 33.1 Å². The molecule has 0 bridgehead atoms. The summed E-state index contributed by atoms with van der Waals surface area (Å²) in [5, 5.41) is 4.93. The highest BCUT2D eigenvalue weighted by atomic mass is 32.2. The van der Waals surface area contributed by atoms with Crippen LogP contribution in [0.5, 0.6) is 0 Å². The van der Waals surface area contributed by atoms with Crippen LogP contribution in [0.4, 0.5) is 0 Å². The van der Waals surface area contributed by atoms with Crippen LogP contribution in [0, 0.1) is 6.92 Å². The molecule has 1 fully saturated rings. The normalized spacial score (nSPS) is 17.6. The third kappa shape index (κ3) is 3.33. The largest absolute Gasteiger partial charge is 0.315 e. The predicted octanol–water partition coefficient (Wildman–Crippen LogP) is 1.95. The molecule has 2 rings (SSSR count). The lowest BCUT2D eigenvalue weighted by Crippen LogP contribution is -2.32. The zero-order chi connectivity index (χ0) is 14.1. The molecule has 1 aliphatic carbocycles. The molecule has 1 heterocycles.